The van der Waals surface area contributed by atoms with Gasteiger partial charge in [-0.3, -0.25) is 4.79 Å². The van der Waals surface area contributed by atoms with E-state index in [0.717, 1.165) is 27.0 Å². The maximum absolute atomic E-state index is 13.8. The number of carbonyl (C=O) groups is 1. The Balaban J connectivity index is 1.87. The van der Waals surface area contributed by atoms with Crippen LogP contribution in [0.4, 0.5) is 14.5 Å². The second-order valence-electron chi connectivity index (χ2n) is 6.19. The summed E-state index contributed by atoms with van der Waals surface area (Å²) in [6, 6.07) is 7.84. The summed E-state index contributed by atoms with van der Waals surface area (Å²) in [6.45, 7) is 0.183. The van der Waals surface area contributed by atoms with Crippen molar-refractivity contribution in [3.8, 4) is 0 Å². The zero-order valence-electron chi connectivity index (χ0n) is 14.2. The Morgan fingerprint density at radius 2 is 1.81 bits per heavy atom. The zero-order valence-corrected chi connectivity index (χ0v) is 16.6. The van der Waals surface area contributed by atoms with Gasteiger partial charge < -0.3 is 5.32 Å². The lowest BCUT2D eigenvalue weighted by Crippen LogP contribution is -2.49. The molecular formula is C18H17BrF2N2O3S. The van der Waals surface area contributed by atoms with Crippen LogP contribution in [0.1, 0.15) is 19.3 Å². The first-order valence-electron chi connectivity index (χ1n) is 8.32. The molecule has 2 aromatic rings. The molecule has 0 aliphatic carbocycles. The third-order valence-corrected chi connectivity index (χ3v) is 6.81. The van der Waals surface area contributed by atoms with Gasteiger partial charge in [0, 0.05) is 17.1 Å². The summed E-state index contributed by atoms with van der Waals surface area (Å²) in [5, 5.41) is 2.32. The summed E-state index contributed by atoms with van der Waals surface area (Å²) in [5.74, 6) is -2.17. The lowest BCUT2D eigenvalue weighted by atomic mass is 10.0. The molecule has 1 amide bonds. The van der Waals surface area contributed by atoms with Gasteiger partial charge in [0.15, 0.2) is 0 Å². The van der Waals surface area contributed by atoms with Crippen LogP contribution in [0.5, 0.6) is 0 Å². The van der Waals surface area contributed by atoms with E-state index in [0.29, 0.717) is 19.3 Å². The van der Waals surface area contributed by atoms with Crippen LogP contribution in [0.2, 0.25) is 0 Å². The molecule has 9 heteroatoms. The summed E-state index contributed by atoms with van der Waals surface area (Å²) < 4.78 is 55.0. The maximum Gasteiger partial charge on any atom is 0.243 e. The molecular weight excluding hydrogens is 442 g/mol. The first-order valence-corrected chi connectivity index (χ1v) is 10.6. The fourth-order valence-corrected chi connectivity index (χ4v) is 4.93. The number of sulfonamides is 1. The van der Waals surface area contributed by atoms with E-state index in [1.807, 2.05) is 0 Å². The number of halogens is 3. The molecule has 0 aromatic heterocycles. The number of hydrogen-bond acceptors (Lipinski definition) is 3. The van der Waals surface area contributed by atoms with E-state index in [9.17, 15) is 22.0 Å². The van der Waals surface area contributed by atoms with E-state index in [1.54, 1.807) is 12.1 Å². The van der Waals surface area contributed by atoms with E-state index in [1.165, 1.54) is 12.1 Å². The second-order valence-corrected chi connectivity index (χ2v) is 9.00. The van der Waals surface area contributed by atoms with Crippen molar-refractivity contribution in [3.63, 3.8) is 0 Å². The molecule has 3 rings (SSSR count). The number of benzene rings is 2. The number of carbonyl (C=O) groups excluding carboxylic acids is 1. The molecule has 0 unspecified atom stereocenters. The largest absolute Gasteiger partial charge is 0.322 e. The van der Waals surface area contributed by atoms with Gasteiger partial charge in [-0.2, -0.15) is 4.31 Å². The van der Waals surface area contributed by atoms with Gasteiger partial charge in [0.1, 0.15) is 17.7 Å². The van der Waals surface area contributed by atoms with Crippen LogP contribution >= 0.6 is 15.9 Å². The summed E-state index contributed by atoms with van der Waals surface area (Å²) in [4.78, 5) is 12.7. The van der Waals surface area contributed by atoms with Gasteiger partial charge in [-0.25, -0.2) is 17.2 Å². The van der Waals surface area contributed by atoms with Gasteiger partial charge in [0.05, 0.1) is 10.6 Å². The standard InChI is InChI=1S/C18H17BrF2N2O3S/c19-12-4-7-14(8-5-12)27(25,26)23-10-2-1-3-17(23)18(24)22-16-11-13(20)6-9-15(16)21/h4-9,11,17H,1-3,10H2,(H,22,24)/t17-/m1/s1. The second kappa shape index (κ2) is 8.04. The van der Waals surface area contributed by atoms with Gasteiger partial charge in [-0.1, -0.05) is 22.4 Å². The predicted octanol–water partition coefficient (Wildman–Crippen LogP) is 3.91. The van der Waals surface area contributed by atoms with Crippen LogP contribution in [0.3, 0.4) is 0 Å². The molecule has 0 saturated carbocycles. The molecule has 27 heavy (non-hydrogen) atoms. The van der Waals surface area contributed by atoms with Crippen LogP contribution in [0, 0.1) is 11.6 Å². The van der Waals surface area contributed by atoms with Crippen molar-refractivity contribution in [3.05, 3.63) is 58.6 Å². The minimum absolute atomic E-state index is 0.0716. The summed E-state index contributed by atoms with van der Waals surface area (Å²) in [7, 11) is -3.90. The molecule has 0 spiro atoms. The van der Waals surface area contributed by atoms with E-state index in [4.69, 9.17) is 0 Å². The van der Waals surface area contributed by atoms with Crippen LogP contribution in [-0.4, -0.2) is 31.2 Å². The maximum atomic E-state index is 13.8. The van der Waals surface area contributed by atoms with Crippen molar-refractivity contribution >= 4 is 37.5 Å². The molecule has 1 fully saturated rings. The fraction of sp³-hybridized carbons (Fsp3) is 0.278. The first kappa shape index (κ1) is 19.9. The monoisotopic (exact) mass is 458 g/mol. The molecule has 1 aliphatic rings. The average Bonchev–Trinajstić information content (AvgIpc) is 2.65. The summed E-state index contributed by atoms with van der Waals surface area (Å²) in [5.41, 5.74) is -0.313. The highest BCUT2D eigenvalue weighted by Crippen LogP contribution is 2.27. The number of amides is 1. The van der Waals surface area contributed by atoms with Gasteiger partial charge >= 0.3 is 0 Å². The number of nitrogens with one attached hydrogen (secondary N) is 1. The van der Waals surface area contributed by atoms with Crippen molar-refractivity contribution in [2.75, 3.05) is 11.9 Å². The van der Waals surface area contributed by atoms with Gasteiger partial charge in [-0.05, 0) is 49.2 Å². The molecule has 5 nitrogen and oxygen atoms in total. The highest BCUT2D eigenvalue weighted by Gasteiger charge is 2.37. The van der Waals surface area contributed by atoms with Crippen molar-refractivity contribution in [1.82, 2.24) is 4.31 Å². The number of nitrogens with zero attached hydrogens (tertiary/aromatic N) is 1. The van der Waals surface area contributed by atoms with Crippen LogP contribution in [-0.2, 0) is 14.8 Å². The highest BCUT2D eigenvalue weighted by molar-refractivity contribution is 9.10. The van der Waals surface area contributed by atoms with Gasteiger partial charge in [0.25, 0.3) is 0 Å². The van der Waals surface area contributed by atoms with Crippen LogP contribution in [0.15, 0.2) is 51.8 Å². The summed E-state index contributed by atoms with van der Waals surface area (Å²) in [6.07, 6.45) is 1.59. The SMILES string of the molecule is O=C(Nc1cc(F)ccc1F)[C@H]1CCCCN1S(=O)(=O)c1ccc(Br)cc1. The number of rotatable bonds is 4. The topological polar surface area (TPSA) is 66.5 Å². The lowest BCUT2D eigenvalue weighted by Gasteiger charge is -2.33. The lowest BCUT2D eigenvalue weighted by molar-refractivity contribution is -0.120. The van der Waals surface area contributed by atoms with E-state index in [2.05, 4.69) is 21.2 Å². The minimum atomic E-state index is -3.90. The Morgan fingerprint density at radius 3 is 2.52 bits per heavy atom. The smallest absolute Gasteiger partial charge is 0.243 e. The van der Waals surface area contributed by atoms with E-state index < -0.39 is 33.6 Å². The Bertz CT molecular complexity index is 952. The molecule has 2 aromatic carbocycles. The van der Waals surface area contributed by atoms with Crippen molar-refractivity contribution in [2.24, 2.45) is 0 Å². The Labute approximate surface area is 164 Å². The first-order chi connectivity index (χ1) is 12.8. The number of piperidine rings is 1. The Morgan fingerprint density at radius 1 is 1.11 bits per heavy atom. The van der Waals surface area contributed by atoms with Crippen molar-refractivity contribution in [1.29, 1.82) is 0 Å². The van der Waals surface area contributed by atoms with Crippen LogP contribution < -0.4 is 5.32 Å². The molecule has 144 valence electrons. The molecule has 1 saturated heterocycles. The Hall–Kier alpha value is -1.84. The van der Waals surface area contributed by atoms with E-state index in [-0.39, 0.29) is 17.1 Å². The number of hydrogen-bond donors (Lipinski definition) is 1. The predicted molar refractivity (Wildman–Crippen MR) is 101 cm³/mol. The quantitative estimate of drug-likeness (QED) is 0.754. The van der Waals surface area contributed by atoms with Gasteiger partial charge in [0.2, 0.25) is 15.9 Å². The molecule has 1 N–H and O–H groups in total. The molecule has 0 bridgehead atoms. The third-order valence-electron chi connectivity index (χ3n) is 4.36. The summed E-state index contributed by atoms with van der Waals surface area (Å²) >= 11 is 3.25. The number of anilines is 1. The van der Waals surface area contributed by atoms with E-state index >= 15 is 0 Å². The van der Waals surface area contributed by atoms with Gasteiger partial charge in [-0.15, -0.1) is 0 Å². The average molecular weight is 459 g/mol. The Kier molecular flexibility index (Phi) is 5.92. The third kappa shape index (κ3) is 4.36. The molecule has 1 atom stereocenters. The normalized spacial score (nSPS) is 18.3. The molecule has 0 radical (unpaired) electrons. The zero-order chi connectivity index (χ0) is 19.6. The minimum Gasteiger partial charge on any atom is -0.322 e. The van der Waals surface area contributed by atoms with Crippen LogP contribution in [0.25, 0.3) is 0 Å². The van der Waals surface area contributed by atoms with Crippen molar-refractivity contribution < 1.29 is 22.0 Å². The highest BCUT2D eigenvalue weighted by atomic mass is 79.9. The fourth-order valence-electron chi connectivity index (χ4n) is 3.01. The van der Waals surface area contributed by atoms with Crippen molar-refractivity contribution in [2.45, 2.75) is 30.2 Å². The molecule has 1 aliphatic heterocycles. The molecule has 1 heterocycles.